The summed E-state index contributed by atoms with van der Waals surface area (Å²) in [6.07, 6.45) is 5.51. The molecule has 0 saturated carbocycles. The van der Waals surface area contributed by atoms with E-state index in [9.17, 15) is 19.5 Å². The second-order valence-corrected chi connectivity index (χ2v) is 17.4. The first-order valence-electron chi connectivity index (χ1n) is 21.5. The van der Waals surface area contributed by atoms with Crippen molar-refractivity contribution in [2.24, 2.45) is 0 Å². The second kappa shape index (κ2) is 15.3. The number of ether oxygens (including phenoxy) is 2. The summed E-state index contributed by atoms with van der Waals surface area (Å²) in [5.74, 6) is 0.852. The molecule has 1 unspecified atom stereocenters. The van der Waals surface area contributed by atoms with Gasteiger partial charge in [-0.25, -0.2) is 0 Å². The Bertz CT molecular complexity index is 2260. The summed E-state index contributed by atoms with van der Waals surface area (Å²) in [5, 5.41) is 12.7. The van der Waals surface area contributed by atoms with Gasteiger partial charge in [0.15, 0.2) is 0 Å². The monoisotopic (exact) mass is 795 g/mol. The average molecular weight is 796 g/mol. The molecule has 5 aliphatic heterocycles. The van der Waals surface area contributed by atoms with Crippen LogP contribution in [0.3, 0.4) is 0 Å². The van der Waals surface area contributed by atoms with Gasteiger partial charge >= 0.3 is 0 Å². The number of hydrogen-bond acceptors (Lipinski definition) is 9. The number of aryl methyl sites for hydroxylation is 1. The lowest BCUT2D eigenvalue weighted by Gasteiger charge is -2.47. The molecule has 4 aromatic rings. The van der Waals surface area contributed by atoms with Gasteiger partial charge in [0, 0.05) is 75.5 Å². The Morgan fingerprint density at radius 2 is 1.68 bits per heavy atom. The predicted octanol–water partition coefficient (Wildman–Crippen LogP) is 5.97. The van der Waals surface area contributed by atoms with E-state index in [-0.39, 0.29) is 35.8 Å². The van der Waals surface area contributed by atoms with E-state index in [0.717, 1.165) is 88.4 Å². The van der Waals surface area contributed by atoms with Gasteiger partial charge in [-0.05, 0) is 103 Å². The zero-order valence-corrected chi connectivity index (χ0v) is 33.8. The zero-order chi connectivity index (χ0) is 40.3. The zero-order valence-electron chi connectivity index (χ0n) is 33.8. The fourth-order valence-electron chi connectivity index (χ4n) is 11.0. The molecule has 0 spiro atoms. The molecule has 0 radical (unpaired) electrons. The lowest BCUT2D eigenvalue weighted by Crippen LogP contribution is -2.58. The molecular formula is C48H53N5O6. The highest BCUT2D eigenvalue weighted by atomic mass is 16.5. The van der Waals surface area contributed by atoms with Crippen LogP contribution in [0.4, 0.5) is 11.4 Å². The van der Waals surface area contributed by atoms with Crippen molar-refractivity contribution < 1.29 is 29.0 Å². The number of methoxy groups -OCH3 is 1. The second-order valence-electron chi connectivity index (χ2n) is 17.4. The number of amides is 3. The molecule has 306 valence electrons. The summed E-state index contributed by atoms with van der Waals surface area (Å²) in [6.45, 7) is 6.41. The smallest absolute Gasteiger partial charge is 0.255 e. The highest BCUT2D eigenvalue weighted by molar-refractivity contribution is 6.06. The highest BCUT2D eigenvalue weighted by Crippen LogP contribution is 2.48. The van der Waals surface area contributed by atoms with Crippen molar-refractivity contribution in [3.05, 3.63) is 118 Å². The summed E-state index contributed by atoms with van der Waals surface area (Å²) < 4.78 is 12.8. The van der Waals surface area contributed by atoms with Crippen LogP contribution in [-0.4, -0.2) is 103 Å². The number of nitrogens with one attached hydrogen (secondary N) is 1. The Hall–Kier alpha value is -5.39. The molecular weight excluding hydrogens is 743 g/mol. The van der Waals surface area contributed by atoms with Gasteiger partial charge in [-0.1, -0.05) is 48.5 Å². The van der Waals surface area contributed by atoms with E-state index in [2.05, 4.69) is 80.7 Å². The molecule has 0 aromatic heterocycles. The number of carbonyl (C=O) groups is 3. The molecule has 11 heteroatoms. The van der Waals surface area contributed by atoms with Crippen molar-refractivity contribution in [2.45, 2.75) is 81.0 Å². The Morgan fingerprint density at radius 3 is 2.46 bits per heavy atom. The van der Waals surface area contributed by atoms with Crippen LogP contribution in [0.15, 0.2) is 84.9 Å². The van der Waals surface area contributed by atoms with E-state index < -0.39 is 11.9 Å². The van der Waals surface area contributed by atoms with Crippen LogP contribution in [0.5, 0.6) is 11.5 Å². The number of rotatable bonds is 8. The maximum Gasteiger partial charge on any atom is 0.255 e. The maximum absolute atomic E-state index is 13.4. The van der Waals surface area contributed by atoms with Crippen molar-refractivity contribution in [1.82, 2.24) is 15.1 Å². The van der Waals surface area contributed by atoms with Crippen LogP contribution in [-0.2, 0) is 27.3 Å². The third-order valence-corrected chi connectivity index (χ3v) is 14.4. The number of anilines is 2. The van der Waals surface area contributed by atoms with Crippen LogP contribution in [0.1, 0.15) is 88.5 Å². The number of phenols is 1. The van der Waals surface area contributed by atoms with Crippen molar-refractivity contribution >= 4 is 29.1 Å². The molecule has 3 saturated heterocycles. The van der Waals surface area contributed by atoms with E-state index in [4.69, 9.17) is 9.47 Å². The average Bonchev–Trinajstić information content (AvgIpc) is 3.61. The van der Waals surface area contributed by atoms with Gasteiger partial charge in [0.25, 0.3) is 5.91 Å². The molecule has 5 heterocycles. The number of hydrogen-bond donors (Lipinski definition) is 2. The Balaban J connectivity index is 0.759. The van der Waals surface area contributed by atoms with Crippen molar-refractivity contribution in [3.8, 4) is 11.5 Å². The van der Waals surface area contributed by atoms with E-state index in [1.54, 1.807) is 4.90 Å². The van der Waals surface area contributed by atoms with Crippen molar-refractivity contribution in [1.29, 1.82) is 0 Å². The number of phenolic OH excluding ortho intramolecular Hbond substituents is 1. The van der Waals surface area contributed by atoms with E-state index in [1.807, 2.05) is 31.4 Å². The first-order chi connectivity index (χ1) is 28.8. The maximum atomic E-state index is 13.4. The van der Waals surface area contributed by atoms with Gasteiger partial charge < -0.3 is 29.3 Å². The summed E-state index contributed by atoms with van der Waals surface area (Å²) in [5.41, 5.74) is 8.80. The number of benzene rings is 4. The highest BCUT2D eigenvalue weighted by Gasteiger charge is 2.44. The lowest BCUT2D eigenvalue weighted by atomic mass is 9.69. The van der Waals surface area contributed by atoms with E-state index >= 15 is 0 Å². The molecule has 59 heavy (non-hydrogen) atoms. The van der Waals surface area contributed by atoms with Gasteiger partial charge in [-0.15, -0.1) is 0 Å². The van der Waals surface area contributed by atoms with Gasteiger partial charge in [0.2, 0.25) is 11.8 Å². The van der Waals surface area contributed by atoms with Crippen LogP contribution >= 0.6 is 0 Å². The fraction of sp³-hybridized carbons (Fsp3) is 0.438. The van der Waals surface area contributed by atoms with E-state index in [0.29, 0.717) is 36.8 Å². The number of carbonyl (C=O) groups excluding carboxylic acids is 3. The molecule has 4 atom stereocenters. The SMILES string of the molecule is COC1(CCN2CCN3c4ccc5c(c4OC[C@H]3C2)CN(C2CCC(=O)NC2=O)C5=O)CCN(c2ccc([C@@H]3c4ccc(O)cc4CC[C@@H]3c3ccccc3)cc2)CC1. The third kappa shape index (κ3) is 6.91. The summed E-state index contributed by atoms with van der Waals surface area (Å²) in [7, 11) is 1.88. The van der Waals surface area contributed by atoms with Gasteiger partial charge in [0.1, 0.15) is 24.1 Å². The minimum Gasteiger partial charge on any atom is -0.508 e. The van der Waals surface area contributed by atoms with Gasteiger partial charge in [-0.2, -0.15) is 0 Å². The summed E-state index contributed by atoms with van der Waals surface area (Å²) in [4.78, 5) is 46.8. The van der Waals surface area contributed by atoms with Gasteiger partial charge in [0.05, 0.1) is 23.9 Å². The number of imide groups is 1. The van der Waals surface area contributed by atoms with Crippen molar-refractivity contribution in [2.75, 3.05) is 62.8 Å². The predicted molar refractivity (Wildman–Crippen MR) is 225 cm³/mol. The van der Waals surface area contributed by atoms with Gasteiger partial charge in [-0.3, -0.25) is 24.6 Å². The number of fused-ring (bicyclic) bond motifs is 6. The molecule has 6 aliphatic rings. The number of aromatic hydroxyl groups is 1. The lowest BCUT2D eigenvalue weighted by molar-refractivity contribution is -0.136. The quantitative estimate of drug-likeness (QED) is 0.208. The van der Waals surface area contributed by atoms with Crippen molar-refractivity contribution in [3.63, 3.8) is 0 Å². The molecule has 1 aliphatic carbocycles. The molecule has 2 N–H and O–H groups in total. The molecule has 10 rings (SSSR count). The number of nitrogens with zero attached hydrogens (tertiary/aromatic N) is 4. The largest absolute Gasteiger partial charge is 0.508 e. The fourth-order valence-corrected chi connectivity index (χ4v) is 11.0. The van der Waals surface area contributed by atoms with Crippen LogP contribution in [0, 0.1) is 0 Å². The normalized spacial score (nSPS) is 25.1. The van der Waals surface area contributed by atoms with Crippen LogP contribution in [0.2, 0.25) is 0 Å². The topological polar surface area (TPSA) is 115 Å². The first-order valence-corrected chi connectivity index (χ1v) is 21.5. The number of piperazine rings is 1. The van der Waals surface area contributed by atoms with Crippen LogP contribution in [0.25, 0.3) is 0 Å². The minimum atomic E-state index is -0.644. The molecule has 11 nitrogen and oxygen atoms in total. The minimum absolute atomic E-state index is 0.162. The Labute approximate surface area is 345 Å². The Morgan fingerprint density at radius 1 is 0.864 bits per heavy atom. The summed E-state index contributed by atoms with van der Waals surface area (Å²) in [6, 6.07) is 29.5. The molecule has 0 bridgehead atoms. The molecule has 4 aromatic carbocycles. The summed E-state index contributed by atoms with van der Waals surface area (Å²) >= 11 is 0. The number of piperidine rings is 2. The van der Waals surface area contributed by atoms with E-state index in [1.165, 1.54) is 27.9 Å². The molecule has 3 fully saturated rings. The first kappa shape index (κ1) is 37.9. The Kier molecular flexibility index (Phi) is 9.83. The molecule has 3 amide bonds. The third-order valence-electron chi connectivity index (χ3n) is 14.4. The van der Waals surface area contributed by atoms with Crippen LogP contribution < -0.4 is 19.9 Å². The standard InChI is InChI=1S/C48H53N5O6/c1-58-48(19-22-50-25-26-52-35(28-50)30-59-45-40-29-53(42-17-18-43(55)49-46(42)56)47(57)39(40)15-16-41(45)52)20-23-51(24-21-48)34-10-7-32(8-11-34)44-37(31-5-3-2-4-6-31)13-9-33-27-36(54)12-14-38(33)44/h2-8,10-12,14-16,27,35,37,42,44,54H,9,13,17-26,28-30H2,1H3,(H,49,55,56)/t35-,37-,42?,44+/m1/s1.